The van der Waals surface area contributed by atoms with Gasteiger partial charge in [0.2, 0.25) is 0 Å². The zero-order chi connectivity index (χ0) is 17.8. The van der Waals surface area contributed by atoms with Crippen LogP contribution in [0.1, 0.15) is 10.4 Å². The van der Waals surface area contributed by atoms with E-state index in [1.807, 2.05) is 0 Å². The number of amides is 1. The maximum atomic E-state index is 13.5. The average molecular weight is 345 g/mol. The summed E-state index contributed by atoms with van der Waals surface area (Å²) in [7, 11) is 0. The molecule has 7 nitrogen and oxygen atoms in total. The van der Waals surface area contributed by atoms with Crippen LogP contribution in [-0.2, 0) is 6.54 Å². The number of halogens is 2. The van der Waals surface area contributed by atoms with Crippen molar-refractivity contribution in [3.63, 3.8) is 0 Å². The first-order valence-corrected chi connectivity index (χ1v) is 7.36. The lowest BCUT2D eigenvalue weighted by Gasteiger charge is -2.09. The second-order valence-electron chi connectivity index (χ2n) is 5.06. The third-order valence-corrected chi connectivity index (χ3v) is 3.39. The van der Waals surface area contributed by atoms with Crippen molar-refractivity contribution >= 4 is 5.91 Å². The van der Waals surface area contributed by atoms with Crippen LogP contribution in [0.5, 0.6) is 0 Å². The topological polar surface area (TPSA) is 81.8 Å². The molecule has 25 heavy (non-hydrogen) atoms. The van der Waals surface area contributed by atoms with Crippen LogP contribution in [0.2, 0.25) is 0 Å². The number of benzene rings is 1. The minimum Gasteiger partial charge on any atom is -0.350 e. The van der Waals surface area contributed by atoms with Crippen LogP contribution in [0, 0.1) is 11.6 Å². The lowest BCUT2D eigenvalue weighted by molar-refractivity contribution is 0.0943. The quantitative estimate of drug-likeness (QED) is 0.752. The Bertz CT molecular complexity index is 933. The Morgan fingerprint density at radius 3 is 2.56 bits per heavy atom. The molecule has 128 valence electrons. The summed E-state index contributed by atoms with van der Waals surface area (Å²) in [5, 5.41) is 10.5. The van der Waals surface area contributed by atoms with E-state index in [9.17, 15) is 18.4 Å². The van der Waals surface area contributed by atoms with Crippen LogP contribution >= 0.6 is 0 Å². The first kappa shape index (κ1) is 16.5. The normalized spacial score (nSPS) is 10.6. The highest BCUT2D eigenvalue weighted by molar-refractivity contribution is 5.94. The molecule has 0 saturated carbocycles. The van der Waals surface area contributed by atoms with Gasteiger partial charge in [0.25, 0.3) is 11.5 Å². The third kappa shape index (κ3) is 3.60. The van der Waals surface area contributed by atoms with Crippen molar-refractivity contribution in [2.24, 2.45) is 0 Å². The molecule has 1 amide bonds. The van der Waals surface area contributed by atoms with E-state index in [1.165, 1.54) is 22.9 Å². The lowest BCUT2D eigenvalue weighted by Crippen LogP contribution is -2.33. The maximum absolute atomic E-state index is 13.5. The van der Waals surface area contributed by atoms with E-state index in [0.717, 1.165) is 16.8 Å². The number of nitrogens with zero attached hydrogens (tertiary/aromatic N) is 4. The molecule has 1 aromatic carbocycles. The second kappa shape index (κ2) is 7.04. The van der Waals surface area contributed by atoms with Gasteiger partial charge in [-0.3, -0.25) is 9.59 Å². The summed E-state index contributed by atoms with van der Waals surface area (Å²) in [4.78, 5) is 23.7. The summed E-state index contributed by atoms with van der Waals surface area (Å²) in [6.45, 7) is 0.0117. The SMILES string of the molecule is O=C(NCCn1nc(-n2cccn2)ccc1=O)c1c(F)cccc1F. The van der Waals surface area contributed by atoms with Crippen molar-refractivity contribution in [1.82, 2.24) is 24.9 Å². The van der Waals surface area contributed by atoms with Gasteiger partial charge in [0, 0.05) is 25.0 Å². The standard InChI is InChI=1S/C16H13F2N5O2/c17-11-3-1-4-12(18)15(11)16(25)19-8-10-23-14(24)6-5-13(21-23)22-9-2-7-20-22/h1-7,9H,8,10H2,(H,19,25). The van der Waals surface area contributed by atoms with Crippen LogP contribution in [0.3, 0.4) is 0 Å². The van der Waals surface area contributed by atoms with Gasteiger partial charge in [0.1, 0.15) is 17.2 Å². The minimum atomic E-state index is -0.950. The molecule has 0 fully saturated rings. The van der Waals surface area contributed by atoms with E-state index < -0.39 is 23.1 Å². The summed E-state index contributed by atoms with van der Waals surface area (Å²) >= 11 is 0. The predicted molar refractivity (Wildman–Crippen MR) is 84.3 cm³/mol. The Morgan fingerprint density at radius 2 is 1.88 bits per heavy atom. The monoisotopic (exact) mass is 345 g/mol. The first-order chi connectivity index (χ1) is 12.1. The fourth-order valence-electron chi connectivity index (χ4n) is 2.20. The van der Waals surface area contributed by atoms with Gasteiger partial charge in [-0.25, -0.2) is 18.1 Å². The molecule has 0 radical (unpaired) electrons. The highest BCUT2D eigenvalue weighted by atomic mass is 19.1. The molecule has 9 heteroatoms. The number of carbonyl (C=O) groups excluding carboxylic acids is 1. The molecule has 0 unspecified atom stereocenters. The number of hydrogen-bond donors (Lipinski definition) is 1. The van der Waals surface area contributed by atoms with Gasteiger partial charge in [-0.1, -0.05) is 6.07 Å². The van der Waals surface area contributed by atoms with Crippen molar-refractivity contribution in [2.45, 2.75) is 6.54 Å². The Morgan fingerprint density at radius 1 is 1.12 bits per heavy atom. The fraction of sp³-hybridized carbons (Fsp3) is 0.125. The van der Waals surface area contributed by atoms with E-state index in [4.69, 9.17) is 0 Å². The van der Waals surface area contributed by atoms with Crippen molar-refractivity contribution < 1.29 is 13.6 Å². The largest absolute Gasteiger partial charge is 0.350 e. The molecular formula is C16H13F2N5O2. The van der Waals surface area contributed by atoms with Crippen molar-refractivity contribution in [3.8, 4) is 5.82 Å². The second-order valence-corrected chi connectivity index (χ2v) is 5.06. The Kier molecular flexibility index (Phi) is 4.64. The zero-order valence-corrected chi connectivity index (χ0v) is 12.9. The Balaban J connectivity index is 1.69. The fourth-order valence-corrected chi connectivity index (χ4v) is 2.20. The van der Waals surface area contributed by atoms with E-state index in [-0.39, 0.29) is 18.6 Å². The van der Waals surface area contributed by atoms with Crippen LogP contribution < -0.4 is 10.9 Å². The molecule has 0 spiro atoms. The van der Waals surface area contributed by atoms with E-state index >= 15 is 0 Å². The molecule has 0 saturated heterocycles. The van der Waals surface area contributed by atoms with Crippen molar-refractivity contribution in [2.75, 3.05) is 6.54 Å². The van der Waals surface area contributed by atoms with Gasteiger partial charge in [-0.15, -0.1) is 5.10 Å². The summed E-state index contributed by atoms with van der Waals surface area (Å²) in [5.74, 6) is -2.37. The minimum absolute atomic E-state index is 0.0257. The highest BCUT2D eigenvalue weighted by Gasteiger charge is 2.16. The van der Waals surface area contributed by atoms with E-state index in [1.54, 1.807) is 18.5 Å². The molecule has 3 aromatic rings. The van der Waals surface area contributed by atoms with Gasteiger partial charge in [-0.2, -0.15) is 5.10 Å². The van der Waals surface area contributed by atoms with Gasteiger partial charge >= 0.3 is 0 Å². The predicted octanol–water partition coefficient (Wildman–Crippen LogP) is 1.14. The van der Waals surface area contributed by atoms with Crippen molar-refractivity contribution in [3.05, 3.63) is 76.3 Å². The third-order valence-electron chi connectivity index (χ3n) is 3.39. The summed E-state index contributed by atoms with van der Waals surface area (Å²) < 4.78 is 29.7. The number of nitrogens with one attached hydrogen (secondary N) is 1. The van der Waals surface area contributed by atoms with Gasteiger partial charge in [-0.05, 0) is 24.3 Å². The summed E-state index contributed by atoms with van der Waals surface area (Å²) in [5.41, 5.74) is -1.03. The zero-order valence-electron chi connectivity index (χ0n) is 12.9. The Labute approximate surface area is 140 Å². The van der Waals surface area contributed by atoms with Crippen LogP contribution in [-0.4, -0.2) is 32.0 Å². The van der Waals surface area contributed by atoms with Gasteiger partial charge < -0.3 is 5.32 Å². The molecule has 0 atom stereocenters. The van der Waals surface area contributed by atoms with Crippen LogP contribution in [0.4, 0.5) is 8.78 Å². The molecule has 0 bridgehead atoms. The number of carbonyl (C=O) groups is 1. The van der Waals surface area contributed by atoms with E-state index in [0.29, 0.717) is 5.82 Å². The molecule has 2 heterocycles. The number of rotatable bonds is 5. The summed E-state index contributed by atoms with van der Waals surface area (Å²) in [6, 6.07) is 7.71. The number of hydrogen-bond acceptors (Lipinski definition) is 4. The highest BCUT2D eigenvalue weighted by Crippen LogP contribution is 2.11. The first-order valence-electron chi connectivity index (χ1n) is 7.36. The smallest absolute Gasteiger partial charge is 0.266 e. The van der Waals surface area contributed by atoms with E-state index in [2.05, 4.69) is 15.5 Å². The molecule has 2 aromatic heterocycles. The Hall–Kier alpha value is -3.36. The molecule has 0 aliphatic carbocycles. The van der Waals surface area contributed by atoms with Crippen LogP contribution in [0.15, 0.2) is 53.6 Å². The molecular weight excluding hydrogens is 332 g/mol. The molecule has 0 aliphatic rings. The molecule has 3 rings (SSSR count). The molecule has 1 N–H and O–H groups in total. The summed E-state index contributed by atoms with van der Waals surface area (Å²) in [6.07, 6.45) is 3.24. The lowest BCUT2D eigenvalue weighted by atomic mass is 10.2. The molecule has 0 aliphatic heterocycles. The van der Waals surface area contributed by atoms with Crippen LogP contribution in [0.25, 0.3) is 5.82 Å². The maximum Gasteiger partial charge on any atom is 0.266 e. The van der Waals surface area contributed by atoms with Gasteiger partial charge in [0.15, 0.2) is 5.82 Å². The average Bonchev–Trinajstić information content (AvgIpc) is 3.11. The van der Waals surface area contributed by atoms with Crippen molar-refractivity contribution in [1.29, 1.82) is 0 Å². The number of aromatic nitrogens is 4. The van der Waals surface area contributed by atoms with Gasteiger partial charge in [0.05, 0.1) is 6.54 Å².